The number of nitrogens with one attached hydrogen (secondary N) is 3. The fourth-order valence-corrected chi connectivity index (χ4v) is 4.83. The van der Waals surface area contributed by atoms with Crippen LogP contribution in [0.1, 0.15) is 38.5 Å². The number of ether oxygens (including phenoxy) is 2. The molecular weight excluding hydrogens is 452 g/mol. The van der Waals surface area contributed by atoms with Crippen LogP contribution in [0.3, 0.4) is 0 Å². The number of nitrogens with zero attached hydrogens (tertiary/aromatic N) is 2. The van der Waals surface area contributed by atoms with Gasteiger partial charge in [-0.05, 0) is 56.7 Å². The van der Waals surface area contributed by atoms with Gasteiger partial charge in [0, 0.05) is 62.8 Å². The Morgan fingerprint density at radius 2 is 1.91 bits per heavy atom. The second-order valence-corrected chi connectivity index (χ2v) is 9.83. The lowest BCUT2D eigenvalue weighted by Gasteiger charge is -2.33. The van der Waals surface area contributed by atoms with Gasteiger partial charge in [-0.3, -0.25) is 0 Å². The van der Waals surface area contributed by atoms with Gasteiger partial charge in [-0.2, -0.15) is 0 Å². The Labute approximate surface area is 207 Å². The quantitative estimate of drug-likeness (QED) is 0.375. The Morgan fingerprint density at radius 3 is 2.68 bits per heavy atom. The molecule has 1 saturated carbocycles. The third kappa shape index (κ3) is 7.02. The van der Waals surface area contributed by atoms with Crippen molar-refractivity contribution in [3.05, 3.63) is 35.5 Å². The standard InChI is InChI=1S/C25H37ClN6O2/c1-33-14-11-28-18-5-7-19(8-6-18)31-24-15-20(21(26)16-29-24)22-3-2-4-23(32-22)30-17-25(27)9-12-34-13-10-25/h2-4,15-16,18-19,28H,5-14,17,27H2,1H3,(H,29,31)(H,30,32)/t18-,19-. The molecule has 0 bridgehead atoms. The average molecular weight is 489 g/mol. The van der Waals surface area contributed by atoms with Crippen molar-refractivity contribution >= 4 is 23.2 Å². The average Bonchev–Trinajstić information content (AvgIpc) is 2.86. The molecule has 34 heavy (non-hydrogen) atoms. The van der Waals surface area contributed by atoms with E-state index < -0.39 is 0 Å². The van der Waals surface area contributed by atoms with E-state index in [1.807, 2.05) is 24.3 Å². The van der Waals surface area contributed by atoms with Crippen molar-refractivity contribution in [3.63, 3.8) is 0 Å². The third-order valence-corrected chi connectivity index (χ3v) is 7.11. The van der Waals surface area contributed by atoms with E-state index in [-0.39, 0.29) is 5.54 Å². The molecule has 0 spiro atoms. The molecular formula is C25H37ClN6O2. The Bertz CT molecular complexity index is 916. The monoisotopic (exact) mass is 488 g/mol. The summed E-state index contributed by atoms with van der Waals surface area (Å²) in [7, 11) is 1.74. The van der Waals surface area contributed by atoms with Gasteiger partial charge in [-0.25, -0.2) is 9.97 Å². The fourth-order valence-electron chi connectivity index (χ4n) is 4.63. The number of pyridine rings is 2. The zero-order chi connectivity index (χ0) is 23.8. The maximum absolute atomic E-state index is 6.52. The molecule has 186 valence electrons. The summed E-state index contributed by atoms with van der Waals surface area (Å²) in [5.74, 6) is 1.62. The van der Waals surface area contributed by atoms with Crippen LogP contribution in [0, 0.1) is 0 Å². The summed E-state index contributed by atoms with van der Waals surface area (Å²) in [6.45, 7) is 3.73. The van der Waals surface area contributed by atoms with E-state index in [1.54, 1.807) is 13.3 Å². The molecule has 5 N–H and O–H groups in total. The molecule has 0 atom stereocenters. The summed E-state index contributed by atoms with van der Waals surface area (Å²) in [6.07, 6.45) is 7.89. The van der Waals surface area contributed by atoms with Crippen LogP contribution in [0.25, 0.3) is 11.3 Å². The number of anilines is 2. The first-order valence-electron chi connectivity index (χ1n) is 12.3. The minimum Gasteiger partial charge on any atom is -0.383 e. The number of methoxy groups -OCH3 is 1. The van der Waals surface area contributed by atoms with Gasteiger partial charge in [0.2, 0.25) is 0 Å². The summed E-state index contributed by atoms with van der Waals surface area (Å²) in [4.78, 5) is 9.32. The SMILES string of the molecule is COCCN[C@H]1CC[C@H](Nc2cc(-c3cccc(NCC4(N)CCOCC4)n3)c(Cl)cn2)CC1. The molecule has 0 amide bonds. The van der Waals surface area contributed by atoms with Crippen molar-refractivity contribution in [2.75, 3.05) is 50.7 Å². The maximum atomic E-state index is 6.52. The van der Waals surface area contributed by atoms with Gasteiger partial charge in [0.15, 0.2) is 0 Å². The highest BCUT2D eigenvalue weighted by Crippen LogP contribution is 2.30. The molecule has 2 aromatic rings. The van der Waals surface area contributed by atoms with Crippen molar-refractivity contribution in [3.8, 4) is 11.3 Å². The summed E-state index contributed by atoms with van der Waals surface area (Å²) < 4.78 is 10.6. The van der Waals surface area contributed by atoms with Gasteiger partial charge in [0.1, 0.15) is 11.6 Å². The number of aromatic nitrogens is 2. The lowest BCUT2D eigenvalue weighted by molar-refractivity contribution is 0.0574. The molecule has 0 aromatic carbocycles. The van der Waals surface area contributed by atoms with E-state index in [1.165, 1.54) is 0 Å². The smallest absolute Gasteiger partial charge is 0.126 e. The van der Waals surface area contributed by atoms with Crippen molar-refractivity contribution < 1.29 is 9.47 Å². The summed E-state index contributed by atoms with van der Waals surface area (Å²) in [5, 5.41) is 11.2. The van der Waals surface area contributed by atoms with Crippen molar-refractivity contribution in [1.82, 2.24) is 15.3 Å². The predicted molar refractivity (Wildman–Crippen MR) is 137 cm³/mol. The third-order valence-electron chi connectivity index (χ3n) is 6.81. The first-order chi connectivity index (χ1) is 16.5. The van der Waals surface area contributed by atoms with Crippen LogP contribution in [0.5, 0.6) is 0 Å². The van der Waals surface area contributed by atoms with E-state index in [4.69, 9.17) is 31.8 Å². The topological polar surface area (TPSA) is 106 Å². The highest BCUT2D eigenvalue weighted by molar-refractivity contribution is 6.33. The molecule has 8 nitrogen and oxygen atoms in total. The molecule has 1 aliphatic heterocycles. The summed E-state index contributed by atoms with van der Waals surface area (Å²) in [5.41, 5.74) is 7.92. The van der Waals surface area contributed by atoms with Crippen LogP contribution < -0.4 is 21.7 Å². The first-order valence-corrected chi connectivity index (χ1v) is 12.6. The molecule has 2 fully saturated rings. The molecule has 0 radical (unpaired) electrons. The molecule has 3 heterocycles. The number of nitrogens with two attached hydrogens (primary N) is 1. The normalized spacial score (nSPS) is 22.3. The van der Waals surface area contributed by atoms with Gasteiger partial charge in [-0.15, -0.1) is 0 Å². The molecule has 4 rings (SSSR count). The second-order valence-electron chi connectivity index (χ2n) is 9.43. The van der Waals surface area contributed by atoms with E-state index in [0.29, 0.717) is 36.9 Å². The van der Waals surface area contributed by atoms with E-state index >= 15 is 0 Å². The second kappa shape index (κ2) is 12.1. The molecule has 1 aliphatic carbocycles. The van der Waals surface area contributed by atoms with E-state index in [2.05, 4.69) is 20.9 Å². The number of hydrogen-bond acceptors (Lipinski definition) is 8. The van der Waals surface area contributed by atoms with Crippen LogP contribution in [-0.2, 0) is 9.47 Å². The first kappa shape index (κ1) is 25.1. The van der Waals surface area contributed by atoms with Crippen LogP contribution in [0.15, 0.2) is 30.5 Å². The fraction of sp³-hybridized carbons (Fsp3) is 0.600. The Hall–Kier alpha value is -1.97. The van der Waals surface area contributed by atoms with Gasteiger partial charge >= 0.3 is 0 Å². The van der Waals surface area contributed by atoms with Gasteiger partial charge in [0.25, 0.3) is 0 Å². The maximum Gasteiger partial charge on any atom is 0.126 e. The van der Waals surface area contributed by atoms with Crippen LogP contribution in [-0.4, -0.2) is 67.6 Å². The van der Waals surface area contributed by atoms with Crippen LogP contribution in [0.4, 0.5) is 11.6 Å². The number of hydrogen-bond donors (Lipinski definition) is 4. The molecule has 0 unspecified atom stereocenters. The highest BCUT2D eigenvalue weighted by Gasteiger charge is 2.28. The van der Waals surface area contributed by atoms with Crippen molar-refractivity contribution in [2.24, 2.45) is 5.73 Å². The van der Waals surface area contributed by atoms with Gasteiger partial charge in [0.05, 0.1) is 17.3 Å². The van der Waals surface area contributed by atoms with Gasteiger partial charge in [-0.1, -0.05) is 17.7 Å². The molecule has 1 saturated heterocycles. The van der Waals surface area contributed by atoms with Crippen LogP contribution in [0.2, 0.25) is 5.02 Å². The van der Waals surface area contributed by atoms with E-state index in [9.17, 15) is 0 Å². The Morgan fingerprint density at radius 1 is 1.15 bits per heavy atom. The van der Waals surface area contributed by atoms with Crippen molar-refractivity contribution in [2.45, 2.75) is 56.1 Å². The zero-order valence-corrected chi connectivity index (χ0v) is 20.7. The Balaban J connectivity index is 1.36. The molecule has 2 aliphatic rings. The Kier molecular flexibility index (Phi) is 8.97. The minimum absolute atomic E-state index is 0.264. The minimum atomic E-state index is -0.264. The largest absolute Gasteiger partial charge is 0.383 e. The predicted octanol–water partition coefficient (Wildman–Crippen LogP) is 3.68. The lowest BCUT2D eigenvalue weighted by Crippen LogP contribution is -2.50. The summed E-state index contributed by atoms with van der Waals surface area (Å²) >= 11 is 6.52. The highest BCUT2D eigenvalue weighted by atomic mass is 35.5. The van der Waals surface area contributed by atoms with Gasteiger partial charge < -0.3 is 31.2 Å². The number of rotatable bonds is 10. The number of halogens is 1. The van der Waals surface area contributed by atoms with E-state index in [0.717, 1.165) is 74.6 Å². The van der Waals surface area contributed by atoms with Crippen LogP contribution >= 0.6 is 11.6 Å². The summed E-state index contributed by atoms with van der Waals surface area (Å²) in [6, 6.07) is 8.89. The lowest BCUT2D eigenvalue weighted by atomic mass is 9.91. The zero-order valence-electron chi connectivity index (χ0n) is 20.0. The molecule has 2 aromatic heterocycles. The molecule has 9 heteroatoms. The van der Waals surface area contributed by atoms with Crippen molar-refractivity contribution in [1.29, 1.82) is 0 Å².